The summed E-state index contributed by atoms with van der Waals surface area (Å²) < 4.78 is 10.2. The van der Waals surface area contributed by atoms with E-state index in [0.29, 0.717) is 17.5 Å². The van der Waals surface area contributed by atoms with Crippen LogP contribution in [0.5, 0.6) is 5.75 Å². The lowest BCUT2D eigenvalue weighted by molar-refractivity contribution is -0.144. The summed E-state index contributed by atoms with van der Waals surface area (Å²) in [6, 6.07) is 11.7. The summed E-state index contributed by atoms with van der Waals surface area (Å²) in [5, 5.41) is 15.5. The van der Waals surface area contributed by atoms with E-state index in [1.54, 1.807) is 39.8 Å². The second kappa shape index (κ2) is 17.1. The van der Waals surface area contributed by atoms with Crippen LogP contribution in [0.2, 0.25) is 0 Å². The minimum atomic E-state index is -1.15. The first-order valence-electron chi connectivity index (χ1n) is 14.8. The molecule has 10 nitrogen and oxygen atoms in total. The van der Waals surface area contributed by atoms with Crippen molar-refractivity contribution in [2.45, 2.75) is 90.8 Å². The highest BCUT2D eigenvalue weighted by molar-refractivity contribution is 5.93. The van der Waals surface area contributed by atoms with Gasteiger partial charge in [-0.15, -0.1) is 0 Å². The molecule has 0 saturated heterocycles. The van der Waals surface area contributed by atoms with Crippen molar-refractivity contribution in [2.75, 3.05) is 20.2 Å². The van der Waals surface area contributed by atoms with E-state index < -0.39 is 41.6 Å². The molecule has 0 aliphatic heterocycles. The van der Waals surface area contributed by atoms with E-state index in [0.717, 1.165) is 31.2 Å². The second-order valence-corrected chi connectivity index (χ2v) is 11.6. The highest BCUT2D eigenvalue weighted by atomic mass is 16.6. The molecule has 2 atom stereocenters. The number of aromatic hydroxyl groups is 1. The molecule has 2 rings (SSSR count). The van der Waals surface area contributed by atoms with E-state index in [-0.39, 0.29) is 25.3 Å². The lowest BCUT2D eigenvalue weighted by atomic mass is 9.98. The van der Waals surface area contributed by atoms with Crippen molar-refractivity contribution in [3.05, 3.63) is 65.2 Å². The van der Waals surface area contributed by atoms with E-state index in [9.17, 15) is 24.3 Å². The summed E-state index contributed by atoms with van der Waals surface area (Å²) in [6.45, 7) is 8.85. The van der Waals surface area contributed by atoms with Crippen molar-refractivity contribution < 1.29 is 33.8 Å². The number of methoxy groups -OCH3 is 1. The number of esters is 1. The van der Waals surface area contributed by atoms with Gasteiger partial charge < -0.3 is 30.1 Å². The Labute approximate surface area is 255 Å². The lowest BCUT2D eigenvalue weighted by Crippen LogP contribution is -2.54. The number of amides is 3. The van der Waals surface area contributed by atoms with Gasteiger partial charge in [-0.2, -0.15) is 0 Å². The molecule has 236 valence electrons. The zero-order valence-corrected chi connectivity index (χ0v) is 26.3. The first kappa shape index (κ1) is 35.1. The zero-order chi connectivity index (χ0) is 32.0. The van der Waals surface area contributed by atoms with E-state index in [2.05, 4.69) is 17.6 Å². The number of phenols is 1. The Hall–Kier alpha value is -4.08. The van der Waals surface area contributed by atoms with Crippen LogP contribution in [0.1, 0.15) is 82.5 Å². The quantitative estimate of drug-likeness (QED) is 0.195. The summed E-state index contributed by atoms with van der Waals surface area (Å²) in [4.78, 5) is 54.5. The van der Waals surface area contributed by atoms with Gasteiger partial charge in [0.1, 0.15) is 30.0 Å². The van der Waals surface area contributed by atoms with Crippen LogP contribution in [0, 0.1) is 6.92 Å². The molecule has 2 unspecified atom stereocenters. The molecule has 0 heterocycles. The SMILES string of the molecule is CCCCCCCN(C(=O)C(Cc1ccccc1)NC(=O)OC(C)(C)C)C(C(=O)NCC(=O)OC)c1ccc(O)c(C)c1. The van der Waals surface area contributed by atoms with Crippen molar-refractivity contribution in [1.29, 1.82) is 0 Å². The molecule has 3 N–H and O–H groups in total. The van der Waals surface area contributed by atoms with Gasteiger partial charge in [0.15, 0.2) is 0 Å². The van der Waals surface area contributed by atoms with Crippen molar-refractivity contribution in [3.8, 4) is 5.75 Å². The zero-order valence-electron chi connectivity index (χ0n) is 26.3. The summed E-state index contributed by atoms with van der Waals surface area (Å²) >= 11 is 0. The number of benzene rings is 2. The predicted molar refractivity (Wildman–Crippen MR) is 164 cm³/mol. The maximum Gasteiger partial charge on any atom is 0.408 e. The molecule has 10 heteroatoms. The number of alkyl carbamates (subject to hydrolysis) is 1. The fourth-order valence-corrected chi connectivity index (χ4v) is 4.60. The number of nitrogens with zero attached hydrogens (tertiary/aromatic N) is 1. The molecular formula is C33H47N3O7. The Kier molecular flexibility index (Phi) is 14.0. The highest BCUT2D eigenvalue weighted by Crippen LogP contribution is 2.28. The molecule has 0 aromatic heterocycles. The molecule has 43 heavy (non-hydrogen) atoms. The van der Waals surface area contributed by atoms with E-state index >= 15 is 0 Å². The van der Waals surface area contributed by atoms with E-state index in [4.69, 9.17) is 9.47 Å². The standard InChI is InChI=1S/C33H47N3O7/c1-7-8-9-10-14-19-36(29(30(39)34-22-28(38)42-6)25-17-18-27(37)23(2)20-25)31(40)26(21-24-15-12-11-13-16-24)35-32(41)43-33(3,4)5/h11-13,15-18,20,26,29,37H,7-10,14,19,21-22H2,1-6H3,(H,34,39)(H,35,41). The molecule has 0 bridgehead atoms. The van der Waals surface area contributed by atoms with Crippen LogP contribution in [-0.4, -0.2) is 65.7 Å². The molecule has 0 aliphatic rings. The van der Waals surface area contributed by atoms with Crippen LogP contribution in [0.3, 0.4) is 0 Å². The Bertz CT molecular complexity index is 1210. The molecule has 3 amide bonds. The number of hydrogen-bond donors (Lipinski definition) is 3. The Balaban J connectivity index is 2.57. The van der Waals surface area contributed by atoms with Gasteiger partial charge in [-0.3, -0.25) is 14.4 Å². The largest absolute Gasteiger partial charge is 0.508 e. The number of carbonyl (C=O) groups excluding carboxylic acids is 4. The van der Waals surface area contributed by atoms with Crippen molar-refractivity contribution in [1.82, 2.24) is 15.5 Å². The molecule has 0 radical (unpaired) electrons. The minimum Gasteiger partial charge on any atom is -0.508 e. The smallest absolute Gasteiger partial charge is 0.408 e. The van der Waals surface area contributed by atoms with Gasteiger partial charge in [-0.05, 0) is 62.9 Å². The van der Waals surface area contributed by atoms with Crippen LogP contribution >= 0.6 is 0 Å². The van der Waals surface area contributed by atoms with Crippen LogP contribution in [0.4, 0.5) is 4.79 Å². The average molecular weight is 598 g/mol. The van der Waals surface area contributed by atoms with Crippen LogP contribution < -0.4 is 10.6 Å². The molecular weight excluding hydrogens is 550 g/mol. The fraction of sp³-hybridized carbons (Fsp3) is 0.515. The Morgan fingerprint density at radius 3 is 2.26 bits per heavy atom. The number of ether oxygens (including phenoxy) is 2. The lowest BCUT2D eigenvalue weighted by Gasteiger charge is -2.35. The second-order valence-electron chi connectivity index (χ2n) is 11.6. The number of carbonyl (C=O) groups is 4. The first-order valence-corrected chi connectivity index (χ1v) is 14.8. The number of phenolic OH excluding ortho intramolecular Hbond substituents is 1. The van der Waals surface area contributed by atoms with Crippen molar-refractivity contribution in [2.24, 2.45) is 0 Å². The van der Waals surface area contributed by atoms with E-state index in [1.165, 1.54) is 18.1 Å². The third-order valence-corrected chi connectivity index (χ3v) is 6.79. The van der Waals surface area contributed by atoms with Gasteiger partial charge in [0, 0.05) is 13.0 Å². The maximum absolute atomic E-state index is 14.5. The van der Waals surface area contributed by atoms with Gasteiger partial charge >= 0.3 is 12.1 Å². The molecule has 0 aliphatic carbocycles. The topological polar surface area (TPSA) is 134 Å². The number of aryl methyl sites for hydroxylation is 1. The molecule has 0 fully saturated rings. The maximum atomic E-state index is 14.5. The first-order chi connectivity index (χ1) is 20.4. The van der Waals surface area contributed by atoms with Gasteiger partial charge in [0.2, 0.25) is 11.8 Å². The third kappa shape index (κ3) is 12.0. The van der Waals surface area contributed by atoms with Gasteiger partial charge in [-0.1, -0.05) is 69.0 Å². The summed E-state index contributed by atoms with van der Waals surface area (Å²) in [5.41, 5.74) is 0.997. The molecule has 2 aromatic rings. The van der Waals surface area contributed by atoms with Crippen molar-refractivity contribution >= 4 is 23.9 Å². The average Bonchev–Trinajstić information content (AvgIpc) is 2.95. The van der Waals surface area contributed by atoms with Crippen LogP contribution in [0.25, 0.3) is 0 Å². The van der Waals surface area contributed by atoms with Gasteiger partial charge in [0.25, 0.3) is 0 Å². The van der Waals surface area contributed by atoms with Crippen molar-refractivity contribution in [3.63, 3.8) is 0 Å². The van der Waals surface area contributed by atoms with Crippen LogP contribution in [-0.2, 0) is 30.3 Å². The van der Waals surface area contributed by atoms with Gasteiger partial charge in [0.05, 0.1) is 7.11 Å². The Morgan fingerprint density at radius 1 is 0.977 bits per heavy atom. The fourth-order valence-electron chi connectivity index (χ4n) is 4.60. The van der Waals surface area contributed by atoms with Crippen LogP contribution in [0.15, 0.2) is 48.5 Å². The molecule has 0 saturated carbocycles. The monoisotopic (exact) mass is 597 g/mol. The van der Waals surface area contributed by atoms with Gasteiger partial charge in [-0.25, -0.2) is 4.79 Å². The number of nitrogens with one attached hydrogen (secondary N) is 2. The summed E-state index contributed by atoms with van der Waals surface area (Å²) in [5.74, 6) is -1.66. The Morgan fingerprint density at radius 2 is 1.65 bits per heavy atom. The molecule has 2 aromatic carbocycles. The number of rotatable bonds is 15. The normalized spacial score (nSPS) is 12.5. The third-order valence-electron chi connectivity index (χ3n) is 6.79. The predicted octanol–water partition coefficient (Wildman–Crippen LogP) is 4.97. The van der Waals surface area contributed by atoms with E-state index in [1.807, 2.05) is 30.3 Å². The summed E-state index contributed by atoms with van der Waals surface area (Å²) in [7, 11) is 1.22. The molecule has 0 spiro atoms. The number of hydrogen-bond acceptors (Lipinski definition) is 7. The number of unbranched alkanes of at least 4 members (excludes halogenated alkanes) is 4. The summed E-state index contributed by atoms with van der Waals surface area (Å²) in [6.07, 6.45) is 3.94. The minimum absolute atomic E-state index is 0.0449. The highest BCUT2D eigenvalue weighted by Gasteiger charge is 2.36.